The van der Waals surface area contributed by atoms with E-state index in [1.54, 1.807) is 0 Å². The van der Waals surface area contributed by atoms with Gasteiger partial charge in [-0.1, -0.05) is 31.2 Å². The van der Waals surface area contributed by atoms with Crippen molar-refractivity contribution in [3.63, 3.8) is 0 Å². The molecule has 1 aromatic rings. The number of rotatable bonds is 5. The van der Waals surface area contributed by atoms with E-state index >= 15 is 0 Å². The lowest BCUT2D eigenvalue weighted by atomic mass is 9.98. The molecule has 1 amide bonds. The first-order valence-corrected chi connectivity index (χ1v) is 8.27. The number of hydrogen-bond acceptors (Lipinski definition) is 4. The van der Waals surface area contributed by atoms with Crippen LogP contribution in [0.25, 0.3) is 0 Å². The number of carbonyl (C=O) groups excluding carboxylic acids is 1. The van der Waals surface area contributed by atoms with Gasteiger partial charge in [-0.3, -0.25) is 0 Å². The van der Waals surface area contributed by atoms with E-state index in [0.29, 0.717) is 19.8 Å². The Balaban J connectivity index is 1.89. The lowest BCUT2D eigenvalue weighted by Crippen LogP contribution is -2.45. The SMILES string of the molecule is CCC(CNC(=O)OC(C)(C)C)NC1COCc2ccccc21. The maximum atomic E-state index is 11.8. The Morgan fingerprint density at radius 3 is 2.83 bits per heavy atom. The number of hydrogen-bond donors (Lipinski definition) is 2. The zero-order valence-corrected chi connectivity index (χ0v) is 14.5. The molecular formula is C18H28N2O3. The number of fused-ring (bicyclic) bond motifs is 1. The molecule has 2 unspecified atom stereocenters. The van der Waals surface area contributed by atoms with E-state index in [-0.39, 0.29) is 18.2 Å². The van der Waals surface area contributed by atoms with E-state index in [9.17, 15) is 4.79 Å². The highest BCUT2D eigenvalue weighted by atomic mass is 16.6. The Kier molecular flexibility index (Phi) is 6.02. The molecule has 2 N–H and O–H groups in total. The molecular weight excluding hydrogens is 292 g/mol. The van der Waals surface area contributed by atoms with Crippen molar-refractivity contribution in [2.45, 2.75) is 58.4 Å². The number of nitrogens with one attached hydrogen (secondary N) is 2. The molecule has 23 heavy (non-hydrogen) atoms. The summed E-state index contributed by atoms with van der Waals surface area (Å²) >= 11 is 0. The third-order valence-corrected chi connectivity index (χ3v) is 3.79. The van der Waals surface area contributed by atoms with E-state index in [1.165, 1.54) is 11.1 Å². The summed E-state index contributed by atoms with van der Waals surface area (Å²) in [6.45, 7) is 9.53. The summed E-state index contributed by atoms with van der Waals surface area (Å²) in [7, 11) is 0. The normalized spacial score (nSPS) is 18.9. The second-order valence-corrected chi connectivity index (χ2v) is 6.92. The standard InChI is InChI=1S/C18H28N2O3/c1-5-14(10-19-17(21)23-18(2,3)4)20-16-12-22-11-13-8-6-7-9-15(13)16/h6-9,14,16,20H,5,10-12H2,1-4H3,(H,19,21). The van der Waals surface area contributed by atoms with Crippen LogP contribution in [0.15, 0.2) is 24.3 Å². The predicted octanol–water partition coefficient (Wildman–Crippen LogP) is 3.15. The van der Waals surface area contributed by atoms with Crippen LogP contribution in [-0.2, 0) is 16.1 Å². The average Bonchev–Trinajstić information content (AvgIpc) is 2.50. The van der Waals surface area contributed by atoms with Crippen LogP contribution in [0, 0.1) is 0 Å². The molecule has 128 valence electrons. The van der Waals surface area contributed by atoms with E-state index < -0.39 is 5.60 Å². The van der Waals surface area contributed by atoms with Gasteiger partial charge in [0, 0.05) is 12.6 Å². The highest BCUT2D eigenvalue weighted by molar-refractivity contribution is 5.67. The fourth-order valence-electron chi connectivity index (χ4n) is 2.65. The molecule has 1 aliphatic rings. The minimum Gasteiger partial charge on any atom is -0.444 e. The number of alkyl carbamates (subject to hydrolysis) is 1. The number of ether oxygens (including phenoxy) is 2. The third-order valence-electron chi connectivity index (χ3n) is 3.79. The molecule has 2 atom stereocenters. The lowest BCUT2D eigenvalue weighted by molar-refractivity contribution is 0.0514. The Morgan fingerprint density at radius 2 is 2.13 bits per heavy atom. The smallest absolute Gasteiger partial charge is 0.407 e. The molecule has 0 aromatic heterocycles. The van der Waals surface area contributed by atoms with Gasteiger partial charge < -0.3 is 20.1 Å². The van der Waals surface area contributed by atoms with Crippen LogP contribution in [0.1, 0.15) is 51.3 Å². The molecule has 0 spiro atoms. The third kappa shape index (κ3) is 5.52. The van der Waals surface area contributed by atoms with Crippen molar-refractivity contribution >= 4 is 6.09 Å². The van der Waals surface area contributed by atoms with Crippen LogP contribution in [-0.4, -0.2) is 30.9 Å². The van der Waals surface area contributed by atoms with Crippen molar-refractivity contribution in [2.75, 3.05) is 13.2 Å². The monoisotopic (exact) mass is 320 g/mol. The predicted molar refractivity (Wildman–Crippen MR) is 90.3 cm³/mol. The molecule has 5 nitrogen and oxygen atoms in total. The Morgan fingerprint density at radius 1 is 1.39 bits per heavy atom. The van der Waals surface area contributed by atoms with Gasteiger partial charge in [-0.15, -0.1) is 0 Å². The first-order chi connectivity index (χ1) is 10.9. The zero-order chi connectivity index (χ0) is 16.9. The largest absolute Gasteiger partial charge is 0.444 e. The molecule has 2 rings (SSSR count). The average molecular weight is 320 g/mol. The van der Waals surface area contributed by atoms with E-state index in [0.717, 1.165) is 6.42 Å². The van der Waals surface area contributed by atoms with Crippen LogP contribution < -0.4 is 10.6 Å². The van der Waals surface area contributed by atoms with Crippen LogP contribution in [0.2, 0.25) is 0 Å². The maximum absolute atomic E-state index is 11.8. The molecule has 5 heteroatoms. The molecule has 0 radical (unpaired) electrons. The molecule has 1 aliphatic heterocycles. The van der Waals surface area contributed by atoms with Crippen molar-refractivity contribution in [1.29, 1.82) is 0 Å². The Hall–Kier alpha value is -1.59. The van der Waals surface area contributed by atoms with Crippen molar-refractivity contribution < 1.29 is 14.3 Å². The minimum atomic E-state index is -0.477. The fourth-order valence-corrected chi connectivity index (χ4v) is 2.65. The molecule has 1 heterocycles. The van der Waals surface area contributed by atoms with Gasteiger partial charge in [0.05, 0.1) is 19.3 Å². The van der Waals surface area contributed by atoms with E-state index in [2.05, 4.69) is 35.8 Å². The summed E-state index contributed by atoms with van der Waals surface area (Å²) in [4.78, 5) is 11.8. The summed E-state index contributed by atoms with van der Waals surface area (Å²) in [5, 5.41) is 6.42. The summed E-state index contributed by atoms with van der Waals surface area (Å²) in [6, 6.07) is 8.66. The lowest BCUT2D eigenvalue weighted by Gasteiger charge is -2.30. The van der Waals surface area contributed by atoms with Gasteiger partial charge in [-0.2, -0.15) is 0 Å². The fraction of sp³-hybridized carbons (Fsp3) is 0.611. The second kappa shape index (κ2) is 7.79. The first kappa shape index (κ1) is 17.8. The molecule has 0 saturated heterocycles. The number of amides is 1. The van der Waals surface area contributed by atoms with Crippen molar-refractivity contribution in [2.24, 2.45) is 0 Å². The van der Waals surface area contributed by atoms with E-state index in [1.807, 2.05) is 26.8 Å². The van der Waals surface area contributed by atoms with Gasteiger partial charge in [0.1, 0.15) is 5.60 Å². The van der Waals surface area contributed by atoms with Gasteiger partial charge in [0.25, 0.3) is 0 Å². The molecule has 1 aromatic carbocycles. The summed E-state index contributed by atoms with van der Waals surface area (Å²) in [6.07, 6.45) is 0.534. The summed E-state index contributed by atoms with van der Waals surface area (Å²) in [5.74, 6) is 0. The first-order valence-electron chi connectivity index (χ1n) is 8.27. The maximum Gasteiger partial charge on any atom is 0.407 e. The van der Waals surface area contributed by atoms with Crippen molar-refractivity contribution in [3.8, 4) is 0 Å². The highest BCUT2D eigenvalue weighted by Gasteiger charge is 2.23. The summed E-state index contributed by atoms with van der Waals surface area (Å²) < 4.78 is 10.9. The van der Waals surface area contributed by atoms with Crippen molar-refractivity contribution in [1.82, 2.24) is 10.6 Å². The van der Waals surface area contributed by atoms with Crippen LogP contribution >= 0.6 is 0 Å². The van der Waals surface area contributed by atoms with Gasteiger partial charge >= 0.3 is 6.09 Å². The van der Waals surface area contributed by atoms with Crippen LogP contribution in [0.3, 0.4) is 0 Å². The van der Waals surface area contributed by atoms with Crippen molar-refractivity contribution in [3.05, 3.63) is 35.4 Å². The van der Waals surface area contributed by atoms with Gasteiger partial charge in [-0.25, -0.2) is 4.79 Å². The topological polar surface area (TPSA) is 59.6 Å². The Labute approximate surface area is 138 Å². The molecule has 0 fully saturated rings. The highest BCUT2D eigenvalue weighted by Crippen LogP contribution is 2.24. The number of carbonyl (C=O) groups is 1. The summed E-state index contributed by atoms with van der Waals surface area (Å²) in [5.41, 5.74) is 2.04. The number of benzene rings is 1. The quantitative estimate of drug-likeness (QED) is 0.875. The Bertz CT molecular complexity index is 525. The van der Waals surface area contributed by atoms with Crippen LogP contribution in [0.5, 0.6) is 0 Å². The zero-order valence-electron chi connectivity index (χ0n) is 14.5. The minimum absolute atomic E-state index is 0.158. The molecule has 0 bridgehead atoms. The van der Waals surface area contributed by atoms with Gasteiger partial charge in [0.2, 0.25) is 0 Å². The molecule has 0 aliphatic carbocycles. The molecule has 0 saturated carbocycles. The van der Waals surface area contributed by atoms with Gasteiger partial charge in [0.15, 0.2) is 0 Å². The second-order valence-electron chi connectivity index (χ2n) is 6.92. The van der Waals surface area contributed by atoms with Gasteiger partial charge in [-0.05, 0) is 38.3 Å². The van der Waals surface area contributed by atoms with E-state index in [4.69, 9.17) is 9.47 Å². The van der Waals surface area contributed by atoms with Crippen LogP contribution in [0.4, 0.5) is 4.79 Å².